The summed E-state index contributed by atoms with van der Waals surface area (Å²) in [6.45, 7) is 4.21. The number of carbonyl (C=O) groups excluding carboxylic acids is 2. The van der Waals surface area contributed by atoms with E-state index < -0.39 is 0 Å². The van der Waals surface area contributed by atoms with Crippen LogP contribution in [0.1, 0.15) is 45.7 Å². The van der Waals surface area contributed by atoms with Crippen LogP contribution >= 0.6 is 11.6 Å². The number of amides is 1. The summed E-state index contributed by atoms with van der Waals surface area (Å²) in [5.41, 5.74) is 4.21. The second-order valence-corrected chi connectivity index (χ2v) is 9.05. The molecule has 0 unspecified atom stereocenters. The Morgan fingerprint density at radius 2 is 1.79 bits per heavy atom. The van der Waals surface area contributed by atoms with Crippen molar-refractivity contribution in [3.63, 3.8) is 0 Å². The minimum absolute atomic E-state index is 0.132. The number of fused-ring (bicyclic) bond motifs is 1. The maximum atomic E-state index is 13.0. The highest BCUT2D eigenvalue weighted by Crippen LogP contribution is 2.32. The summed E-state index contributed by atoms with van der Waals surface area (Å²) in [6.07, 6.45) is 2.47. The Hall–Kier alpha value is -3.57. The highest BCUT2D eigenvalue weighted by atomic mass is 35.5. The Morgan fingerprint density at radius 1 is 1.06 bits per heavy atom. The van der Waals surface area contributed by atoms with Gasteiger partial charge in [-0.15, -0.1) is 0 Å². The van der Waals surface area contributed by atoms with Crippen molar-refractivity contribution < 1.29 is 14.3 Å². The molecule has 168 valence electrons. The lowest BCUT2D eigenvalue weighted by molar-refractivity contribution is 0.102. The molecule has 0 aromatic heterocycles. The molecule has 3 aromatic rings. The van der Waals surface area contributed by atoms with Gasteiger partial charge >= 0.3 is 0 Å². The number of allylic oxidation sites excluding steroid dienone is 1. The molecule has 0 saturated carbocycles. The van der Waals surface area contributed by atoms with E-state index >= 15 is 0 Å². The maximum absolute atomic E-state index is 13.0. The van der Waals surface area contributed by atoms with Crippen molar-refractivity contribution in [3.8, 4) is 5.75 Å². The van der Waals surface area contributed by atoms with Gasteiger partial charge < -0.3 is 15.4 Å². The number of hydrogen-bond acceptors (Lipinski definition) is 4. The van der Waals surface area contributed by atoms with Crippen molar-refractivity contribution in [2.45, 2.75) is 25.8 Å². The topological polar surface area (TPSA) is 67.4 Å². The van der Waals surface area contributed by atoms with Crippen LogP contribution in [0.2, 0.25) is 5.02 Å². The molecular formula is C27H25ClN2O3. The van der Waals surface area contributed by atoms with Gasteiger partial charge in [0.15, 0.2) is 5.78 Å². The first-order valence-electron chi connectivity index (χ1n) is 10.6. The van der Waals surface area contributed by atoms with Crippen LogP contribution in [-0.2, 0) is 6.42 Å². The number of ketones is 1. The number of halogens is 1. The molecule has 0 atom stereocenters. The molecule has 3 aromatic carbocycles. The van der Waals surface area contributed by atoms with Crippen molar-refractivity contribution in [2.24, 2.45) is 0 Å². The highest BCUT2D eigenvalue weighted by Gasteiger charge is 2.28. The van der Waals surface area contributed by atoms with Crippen LogP contribution in [0.3, 0.4) is 0 Å². The van der Waals surface area contributed by atoms with E-state index in [0.717, 1.165) is 29.0 Å². The van der Waals surface area contributed by atoms with Crippen molar-refractivity contribution in [1.82, 2.24) is 5.32 Å². The molecule has 1 aliphatic heterocycles. The van der Waals surface area contributed by atoms with Gasteiger partial charge in [0.05, 0.1) is 17.7 Å². The lowest BCUT2D eigenvalue weighted by Gasteiger charge is -2.35. The third-order valence-electron chi connectivity index (χ3n) is 5.53. The molecule has 5 nitrogen and oxygen atoms in total. The predicted molar refractivity (Wildman–Crippen MR) is 132 cm³/mol. The van der Waals surface area contributed by atoms with Crippen molar-refractivity contribution in [1.29, 1.82) is 0 Å². The summed E-state index contributed by atoms with van der Waals surface area (Å²) < 4.78 is 5.37. The molecule has 0 radical (unpaired) electrons. The smallest absolute Gasteiger partial charge is 0.257 e. The number of methoxy groups -OCH3 is 1. The van der Waals surface area contributed by atoms with E-state index in [4.69, 9.17) is 16.3 Å². The zero-order chi connectivity index (χ0) is 23.6. The van der Waals surface area contributed by atoms with Gasteiger partial charge in [-0.05, 0) is 74.4 Å². The van der Waals surface area contributed by atoms with Gasteiger partial charge in [-0.1, -0.05) is 29.8 Å². The molecule has 2 N–H and O–H groups in total. The van der Waals surface area contributed by atoms with Gasteiger partial charge in [-0.2, -0.15) is 0 Å². The fourth-order valence-electron chi connectivity index (χ4n) is 3.93. The molecule has 0 saturated heterocycles. The van der Waals surface area contributed by atoms with Gasteiger partial charge in [-0.25, -0.2) is 0 Å². The largest absolute Gasteiger partial charge is 0.497 e. The zero-order valence-electron chi connectivity index (χ0n) is 18.7. The van der Waals surface area contributed by atoms with E-state index in [-0.39, 0.29) is 17.2 Å². The first-order valence-corrected chi connectivity index (χ1v) is 11.0. The number of nitrogens with one attached hydrogen (secondary N) is 2. The van der Waals surface area contributed by atoms with Gasteiger partial charge in [0.1, 0.15) is 5.75 Å². The minimum atomic E-state index is -0.305. The lowest BCUT2D eigenvalue weighted by atomic mass is 9.85. The van der Waals surface area contributed by atoms with Crippen molar-refractivity contribution in [2.75, 3.05) is 12.4 Å². The molecular weight excluding hydrogens is 436 g/mol. The number of benzene rings is 3. The molecule has 0 bridgehead atoms. The van der Waals surface area contributed by atoms with E-state index in [0.29, 0.717) is 21.8 Å². The Kier molecular flexibility index (Phi) is 6.25. The van der Waals surface area contributed by atoms with Crippen LogP contribution in [0.5, 0.6) is 5.75 Å². The fourth-order valence-corrected chi connectivity index (χ4v) is 4.15. The fraction of sp³-hybridized carbons (Fsp3) is 0.185. The molecule has 4 rings (SSSR count). The zero-order valence-corrected chi connectivity index (χ0v) is 19.5. The Morgan fingerprint density at radius 3 is 2.48 bits per heavy atom. The van der Waals surface area contributed by atoms with E-state index in [1.54, 1.807) is 61.7 Å². The average Bonchev–Trinajstić information content (AvgIpc) is 2.79. The summed E-state index contributed by atoms with van der Waals surface area (Å²) >= 11 is 6.09. The summed E-state index contributed by atoms with van der Waals surface area (Å²) in [5, 5.41) is 6.67. The third-order valence-corrected chi connectivity index (χ3v) is 5.86. The first kappa shape index (κ1) is 22.6. The SMILES string of the molecule is COc1ccc2c(c1)C(=CC(=O)c1ccc(NC(=O)c3ccccc3Cl)cc1)NC(C)(C)C2. The normalized spacial score (nSPS) is 15.3. The Bertz CT molecular complexity index is 1250. The van der Waals surface area contributed by atoms with Crippen LogP contribution < -0.4 is 15.4 Å². The van der Waals surface area contributed by atoms with Crippen molar-refractivity contribution >= 4 is 34.7 Å². The van der Waals surface area contributed by atoms with Crippen LogP contribution in [-0.4, -0.2) is 24.3 Å². The van der Waals surface area contributed by atoms with Crippen LogP contribution in [0.15, 0.2) is 72.8 Å². The van der Waals surface area contributed by atoms with Gasteiger partial charge in [0, 0.05) is 34.1 Å². The first-order chi connectivity index (χ1) is 15.8. The quantitative estimate of drug-likeness (QED) is 0.376. The van der Waals surface area contributed by atoms with Crippen molar-refractivity contribution in [3.05, 3.63) is 100 Å². The molecule has 33 heavy (non-hydrogen) atoms. The van der Waals surface area contributed by atoms with E-state index in [1.165, 1.54) is 0 Å². The number of ether oxygens (including phenoxy) is 1. The number of anilines is 1. The van der Waals surface area contributed by atoms with Crippen LogP contribution in [0.25, 0.3) is 5.70 Å². The summed E-state index contributed by atoms with van der Waals surface area (Å²) in [4.78, 5) is 25.5. The summed E-state index contributed by atoms with van der Waals surface area (Å²) in [7, 11) is 1.63. The maximum Gasteiger partial charge on any atom is 0.257 e. The molecule has 0 fully saturated rings. The number of rotatable bonds is 5. The highest BCUT2D eigenvalue weighted by molar-refractivity contribution is 6.34. The van der Waals surface area contributed by atoms with E-state index in [9.17, 15) is 9.59 Å². The Labute approximate surface area is 198 Å². The molecule has 0 spiro atoms. The van der Waals surface area contributed by atoms with Crippen LogP contribution in [0.4, 0.5) is 5.69 Å². The molecule has 0 aliphatic carbocycles. The van der Waals surface area contributed by atoms with E-state index in [2.05, 4.69) is 24.5 Å². The second kappa shape index (κ2) is 9.12. The standard InChI is InChI=1S/C27H25ClN2O3/c1-27(2)16-18-10-13-20(33-3)14-22(18)24(30-27)15-25(31)17-8-11-19(12-9-17)29-26(32)21-6-4-5-7-23(21)28/h4-15,30H,16H2,1-3H3,(H,29,32). The Balaban J connectivity index is 1.55. The van der Waals surface area contributed by atoms with Crippen LogP contribution in [0, 0.1) is 0 Å². The monoisotopic (exact) mass is 460 g/mol. The molecule has 1 aliphatic rings. The van der Waals surface area contributed by atoms with E-state index in [1.807, 2.05) is 18.2 Å². The van der Waals surface area contributed by atoms with Gasteiger partial charge in [0.25, 0.3) is 5.91 Å². The summed E-state index contributed by atoms with van der Waals surface area (Å²) in [6, 6.07) is 19.6. The molecule has 6 heteroatoms. The number of hydrogen-bond donors (Lipinski definition) is 2. The van der Waals surface area contributed by atoms with Gasteiger partial charge in [-0.3, -0.25) is 9.59 Å². The minimum Gasteiger partial charge on any atom is -0.497 e. The molecule has 1 heterocycles. The predicted octanol–water partition coefficient (Wildman–Crippen LogP) is 5.75. The van der Waals surface area contributed by atoms with Gasteiger partial charge in [0.2, 0.25) is 0 Å². The lowest BCUT2D eigenvalue weighted by Crippen LogP contribution is -2.43. The average molecular weight is 461 g/mol. The second-order valence-electron chi connectivity index (χ2n) is 8.64. The molecule has 1 amide bonds. The number of carbonyl (C=O) groups is 2. The summed E-state index contributed by atoms with van der Waals surface area (Å²) in [5.74, 6) is 0.307. The third kappa shape index (κ3) is 5.10.